The lowest BCUT2D eigenvalue weighted by Crippen LogP contribution is -2.20. The number of nitrogens with zero attached hydrogens (tertiary/aromatic N) is 4. The average molecular weight is 470 g/mol. The van der Waals surface area contributed by atoms with Crippen molar-refractivity contribution in [2.24, 2.45) is 0 Å². The fraction of sp³-hybridized carbons (Fsp3) is 0.120. The third kappa shape index (κ3) is 5.56. The SMILES string of the molecule is COc1ccccc1C(=O)Nc1ccccc1-c1nnn(CC(=O)Nc2cccc(C(C)=O)c2)n1. The molecule has 1 aromatic heterocycles. The number of hydrogen-bond acceptors (Lipinski definition) is 7. The number of nitrogens with one attached hydrogen (secondary N) is 2. The predicted molar refractivity (Wildman–Crippen MR) is 129 cm³/mol. The van der Waals surface area contributed by atoms with Crippen molar-refractivity contribution in [2.45, 2.75) is 13.5 Å². The van der Waals surface area contributed by atoms with Crippen molar-refractivity contribution in [3.63, 3.8) is 0 Å². The number of ketones is 1. The van der Waals surface area contributed by atoms with Crippen molar-refractivity contribution in [1.82, 2.24) is 20.2 Å². The molecule has 4 aromatic rings. The smallest absolute Gasteiger partial charge is 0.259 e. The van der Waals surface area contributed by atoms with Crippen LogP contribution in [0.1, 0.15) is 27.6 Å². The molecule has 0 unspecified atom stereocenters. The van der Waals surface area contributed by atoms with Gasteiger partial charge in [0.05, 0.1) is 18.4 Å². The summed E-state index contributed by atoms with van der Waals surface area (Å²) in [4.78, 5) is 38.0. The maximum atomic E-state index is 12.8. The second-order valence-corrected chi connectivity index (χ2v) is 7.53. The van der Waals surface area contributed by atoms with E-state index in [2.05, 4.69) is 26.0 Å². The van der Waals surface area contributed by atoms with Crippen molar-refractivity contribution in [3.8, 4) is 17.1 Å². The summed E-state index contributed by atoms with van der Waals surface area (Å²) in [6, 6.07) is 20.6. The minimum atomic E-state index is -0.382. The number of para-hydroxylation sites is 2. The summed E-state index contributed by atoms with van der Waals surface area (Å²) in [6.07, 6.45) is 0. The van der Waals surface area contributed by atoms with Crippen LogP contribution in [0.15, 0.2) is 72.8 Å². The van der Waals surface area contributed by atoms with Gasteiger partial charge in [-0.1, -0.05) is 36.4 Å². The molecule has 0 radical (unpaired) electrons. The molecule has 2 N–H and O–H groups in total. The molecule has 10 nitrogen and oxygen atoms in total. The number of rotatable bonds is 8. The Balaban J connectivity index is 1.48. The molecule has 3 aromatic carbocycles. The van der Waals surface area contributed by atoms with Gasteiger partial charge in [0, 0.05) is 16.8 Å². The van der Waals surface area contributed by atoms with Crippen LogP contribution in [0, 0.1) is 0 Å². The van der Waals surface area contributed by atoms with Crippen LogP contribution in [0.5, 0.6) is 5.75 Å². The van der Waals surface area contributed by atoms with E-state index in [-0.39, 0.29) is 30.0 Å². The molecule has 4 rings (SSSR count). The van der Waals surface area contributed by atoms with Gasteiger partial charge in [0.2, 0.25) is 11.7 Å². The van der Waals surface area contributed by atoms with E-state index in [1.165, 1.54) is 14.0 Å². The zero-order chi connectivity index (χ0) is 24.8. The van der Waals surface area contributed by atoms with Gasteiger partial charge in [-0.2, -0.15) is 4.80 Å². The molecule has 0 bridgehead atoms. The molecule has 0 fully saturated rings. The summed E-state index contributed by atoms with van der Waals surface area (Å²) in [5, 5.41) is 17.8. The summed E-state index contributed by atoms with van der Waals surface area (Å²) in [5.74, 6) is -0.138. The second kappa shape index (κ2) is 10.4. The van der Waals surface area contributed by atoms with E-state index >= 15 is 0 Å². The van der Waals surface area contributed by atoms with Crippen LogP contribution in [0.4, 0.5) is 11.4 Å². The minimum Gasteiger partial charge on any atom is -0.496 e. The number of hydrogen-bond donors (Lipinski definition) is 2. The van der Waals surface area contributed by atoms with Crippen molar-refractivity contribution < 1.29 is 19.1 Å². The molecule has 0 aliphatic heterocycles. The van der Waals surface area contributed by atoms with E-state index in [9.17, 15) is 14.4 Å². The van der Waals surface area contributed by atoms with Gasteiger partial charge in [0.15, 0.2) is 5.78 Å². The third-order valence-electron chi connectivity index (χ3n) is 5.06. The monoisotopic (exact) mass is 470 g/mol. The quantitative estimate of drug-likeness (QED) is 0.378. The molecule has 0 saturated heterocycles. The number of aromatic nitrogens is 4. The predicted octanol–water partition coefficient (Wildman–Crippen LogP) is 3.44. The van der Waals surface area contributed by atoms with Gasteiger partial charge in [-0.15, -0.1) is 10.2 Å². The summed E-state index contributed by atoms with van der Waals surface area (Å²) in [5.41, 5.74) is 2.39. The van der Waals surface area contributed by atoms with E-state index in [1.54, 1.807) is 72.8 Å². The Morgan fingerprint density at radius 3 is 2.51 bits per heavy atom. The van der Waals surface area contributed by atoms with Crippen LogP contribution in [0.2, 0.25) is 0 Å². The lowest BCUT2D eigenvalue weighted by Gasteiger charge is -2.11. The largest absolute Gasteiger partial charge is 0.496 e. The number of carbonyl (C=O) groups excluding carboxylic acids is 3. The molecule has 10 heteroatoms. The number of amides is 2. The Labute approximate surface area is 200 Å². The van der Waals surface area contributed by atoms with Crippen molar-refractivity contribution in [2.75, 3.05) is 17.7 Å². The maximum absolute atomic E-state index is 12.8. The first-order valence-corrected chi connectivity index (χ1v) is 10.7. The fourth-order valence-corrected chi connectivity index (χ4v) is 3.37. The normalized spacial score (nSPS) is 10.5. The molecule has 0 spiro atoms. The van der Waals surface area contributed by atoms with E-state index in [0.717, 1.165) is 4.80 Å². The molecular formula is C25H22N6O4. The summed E-state index contributed by atoms with van der Waals surface area (Å²) in [7, 11) is 1.50. The highest BCUT2D eigenvalue weighted by Gasteiger charge is 2.17. The first kappa shape index (κ1) is 23.3. The van der Waals surface area contributed by atoms with E-state index in [1.807, 2.05) is 0 Å². The Morgan fingerprint density at radius 1 is 0.943 bits per heavy atom. The number of ether oxygens (including phenoxy) is 1. The average Bonchev–Trinajstić information content (AvgIpc) is 3.32. The van der Waals surface area contributed by atoms with Gasteiger partial charge < -0.3 is 15.4 Å². The topological polar surface area (TPSA) is 128 Å². The zero-order valence-corrected chi connectivity index (χ0v) is 19.1. The van der Waals surface area contributed by atoms with Crippen molar-refractivity contribution in [3.05, 3.63) is 83.9 Å². The standard InChI is InChI=1S/C25H22N6O4/c1-16(32)17-8-7-9-18(14-17)26-23(33)15-31-29-24(28-30-31)19-10-3-5-12-21(19)27-25(34)20-11-4-6-13-22(20)35-2/h3-14H,15H2,1-2H3,(H,26,33)(H,27,34). The number of anilines is 2. The number of carbonyl (C=O) groups is 3. The summed E-state index contributed by atoms with van der Waals surface area (Å²) >= 11 is 0. The van der Waals surface area contributed by atoms with E-state index in [4.69, 9.17) is 4.74 Å². The molecule has 35 heavy (non-hydrogen) atoms. The highest BCUT2D eigenvalue weighted by atomic mass is 16.5. The zero-order valence-electron chi connectivity index (χ0n) is 19.1. The molecule has 1 heterocycles. The van der Waals surface area contributed by atoms with Crippen LogP contribution >= 0.6 is 0 Å². The Hall–Kier alpha value is -4.86. The summed E-state index contributed by atoms with van der Waals surface area (Å²) in [6.45, 7) is 1.27. The third-order valence-corrected chi connectivity index (χ3v) is 5.06. The lowest BCUT2D eigenvalue weighted by molar-refractivity contribution is -0.117. The number of benzene rings is 3. The molecule has 0 saturated carbocycles. The second-order valence-electron chi connectivity index (χ2n) is 7.53. The molecule has 0 aliphatic carbocycles. The number of tetrazole rings is 1. The fourth-order valence-electron chi connectivity index (χ4n) is 3.37. The molecule has 176 valence electrons. The van der Waals surface area contributed by atoms with Gasteiger partial charge in [0.25, 0.3) is 5.91 Å². The lowest BCUT2D eigenvalue weighted by atomic mass is 10.1. The Morgan fingerprint density at radius 2 is 1.71 bits per heavy atom. The van der Waals surface area contributed by atoms with Crippen LogP contribution in [-0.2, 0) is 11.3 Å². The van der Waals surface area contributed by atoms with Crippen LogP contribution in [0.3, 0.4) is 0 Å². The van der Waals surface area contributed by atoms with Gasteiger partial charge >= 0.3 is 0 Å². The van der Waals surface area contributed by atoms with Crippen molar-refractivity contribution >= 4 is 29.0 Å². The van der Waals surface area contributed by atoms with E-state index in [0.29, 0.717) is 33.8 Å². The van der Waals surface area contributed by atoms with Crippen LogP contribution in [0.25, 0.3) is 11.4 Å². The van der Waals surface area contributed by atoms with E-state index < -0.39 is 0 Å². The Bertz CT molecular complexity index is 1400. The summed E-state index contributed by atoms with van der Waals surface area (Å²) < 4.78 is 5.27. The highest BCUT2D eigenvalue weighted by molar-refractivity contribution is 6.07. The van der Waals surface area contributed by atoms with Gasteiger partial charge in [-0.25, -0.2) is 0 Å². The molecule has 0 atom stereocenters. The number of methoxy groups -OCH3 is 1. The van der Waals surface area contributed by atoms with Crippen LogP contribution < -0.4 is 15.4 Å². The van der Waals surface area contributed by atoms with Gasteiger partial charge in [0.1, 0.15) is 12.3 Å². The first-order valence-electron chi connectivity index (χ1n) is 10.7. The first-order chi connectivity index (χ1) is 16.9. The van der Waals surface area contributed by atoms with Gasteiger partial charge in [-0.05, 0) is 48.5 Å². The van der Waals surface area contributed by atoms with Crippen LogP contribution in [-0.4, -0.2) is 44.9 Å². The Kier molecular flexibility index (Phi) is 6.91. The highest BCUT2D eigenvalue weighted by Crippen LogP contribution is 2.26. The van der Waals surface area contributed by atoms with Crippen molar-refractivity contribution in [1.29, 1.82) is 0 Å². The maximum Gasteiger partial charge on any atom is 0.259 e. The molecule has 2 amide bonds. The number of Topliss-reactive ketones (excluding diaryl/α,β-unsaturated/α-hetero) is 1. The molecular weight excluding hydrogens is 448 g/mol. The minimum absolute atomic E-state index is 0.0971. The molecule has 0 aliphatic rings. The van der Waals surface area contributed by atoms with Gasteiger partial charge in [-0.3, -0.25) is 14.4 Å².